The maximum absolute atomic E-state index is 10.9. The number of aryl methyl sites for hydroxylation is 1. The van der Waals surface area contributed by atoms with Crippen LogP contribution in [0.1, 0.15) is 38.7 Å². The average Bonchev–Trinajstić information content (AvgIpc) is 3.26. The van der Waals surface area contributed by atoms with Gasteiger partial charge in [0.25, 0.3) is 5.69 Å². The summed E-state index contributed by atoms with van der Waals surface area (Å²) in [6.45, 7) is 7.54. The van der Waals surface area contributed by atoms with Gasteiger partial charge >= 0.3 is 0 Å². The van der Waals surface area contributed by atoms with Crippen LogP contribution in [-0.4, -0.2) is 33.3 Å². The van der Waals surface area contributed by atoms with Crippen molar-refractivity contribution >= 4 is 28.3 Å². The molecule has 1 aliphatic carbocycles. The van der Waals surface area contributed by atoms with E-state index in [0.717, 1.165) is 34.6 Å². The van der Waals surface area contributed by atoms with Crippen molar-refractivity contribution in [2.75, 3.05) is 12.3 Å². The fourth-order valence-corrected chi connectivity index (χ4v) is 4.33. The van der Waals surface area contributed by atoms with Gasteiger partial charge in [0.2, 0.25) is 0 Å². The summed E-state index contributed by atoms with van der Waals surface area (Å²) in [5.41, 5.74) is 1.83. The molecule has 0 spiro atoms. The van der Waals surface area contributed by atoms with Crippen molar-refractivity contribution in [1.29, 1.82) is 0 Å². The molecule has 0 unspecified atom stereocenters. The monoisotopic (exact) mass is 347 g/mol. The highest BCUT2D eigenvalue weighted by Gasteiger charge is 2.35. The van der Waals surface area contributed by atoms with Crippen molar-refractivity contribution < 1.29 is 4.92 Å². The third-order valence-electron chi connectivity index (χ3n) is 4.59. The quantitative estimate of drug-likeness (QED) is 0.550. The first kappa shape index (κ1) is 17.3. The maximum atomic E-state index is 10.9. The number of hydrogen-bond donors (Lipinski definition) is 0. The van der Waals surface area contributed by atoms with Gasteiger partial charge in [-0.25, -0.2) is 4.99 Å². The molecule has 0 N–H and O–H groups in total. The summed E-state index contributed by atoms with van der Waals surface area (Å²) in [7, 11) is 0. The number of nitro groups is 1. The van der Waals surface area contributed by atoms with Crippen LogP contribution in [0.2, 0.25) is 0 Å². The molecule has 1 aromatic rings. The van der Waals surface area contributed by atoms with Gasteiger partial charge in [-0.05, 0) is 49.7 Å². The van der Waals surface area contributed by atoms with Gasteiger partial charge in [0.1, 0.15) is 0 Å². The van der Waals surface area contributed by atoms with Crippen molar-refractivity contribution in [3.63, 3.8) is 0 Å². The summed E-state index contributed by atoms with van der Waals surface area (Å²) in [5.74, 6) is 2.59. The molecular weight excluding hydrogens is 322 g/mol. The van der Waals surface area contributed by atoms with Gasteiger partial charge in [-0.3, -0.25) is 10.1 Å². The lowest BCUT2D eigenvalue weighted by atomic mass is 10.0. The van der Waals surface area contributed by atoms with Crippen LogP contribution in [0.25, 0.3) is 0 Å². The van der Waals surface area contributed by atoms with Crippen molar-refractivity contribution in [2.45, 2.75) is 46.1 Å². The van der Waals surface area contributed by atoms with Crippen LogP contribution >= 0.6 is 11.8 Å². The Labute approximate surface area is 147 Å². The zero-order chi connectivity index (χ0) is 17.3. The Balaban J connectivity index is 1.83. The normalized spacial score (nSPS) is 22.6. The van der Waals surface area contributed by atoms with Gasteiger partial charge in [0, 0.05) is 30.5 Å². The van der Waals surface area contributed by atoms with Gasteiger partial charge in [-0.2, -0.15) is 0 Å². The first-order valence-corrected chi connectivity index (χ1v) is 9.65. The molecule has 0 amide bonds. The van der Waals surface area contributed by atoms with Crippen LogP contribution in [0.5, 0.6) is 0 Å². The van der Waals surface area contributed by atoms with Crippen LogP contribution in [-0.2, 0) is 0 Å². The number of non-ortho nitro benzene ring substituents is 1. The molecule has 5 nitrogen and oxygen atoms in total. The zero-order valence-electron chi connectivity index (χ0n) is 14.6. The third kappa shape index (κ3) is 4.09. The number of hydrogen-bond acceptors (Lipinski definition) is 4. The molecule has 2 aliphatic rings. The number of amidine groups is 1. The topological polar surface area (TPSA) is 58.7 Å². The number of nitrogens with zero attached hydrogens (tertiary/aromatic N) is 3. The molecule has 0 aromatic heterocycles. The Morgan fingerprint density at radius 3 is 2.75 bits per heavy atom. The fraction of sp³-hybridized carbons (Fsp3) is 0.611. The van der Waals surface area contributed by atoms with Crippen molar-refractivity contribution in [2.24, 2.45) is 16.8 Å². The predicted octanol–water partition coefficient (Wildman–Crippen LogP) is 4.76. The van der Waals surface area contributed by atoms with E-state index in [1.165, 1.54) is 19.3 Å². The van der Waals surface area contributed by atoms with Gasteiger partial charge in [0.15, 0.2) is 5.17 Å². The number of aliphatic imine (C=N–C) groups is 1. The Bertz CT molecular complexity index is 656. The third-order valence-corrected chi connectivity index (χ3v) is 5.73. The van der Waals surface area contributed by atoms with Crippen molar-refractivity contribution in [1.82, 2.24) is 4.90 Å². The summed E-state index contributed by atoms with van der Waals surface area (Å²) in [5, 5.41) is 12.0. The van der Waals surface area contributed by atoms with Crippen molar-refractivity contribution in [3.05, 3.63) is 33.9 Å². The van der Waals surface area contributed by atoms with Crippen LogP contribution in [0.15, 0.2) is 23.2 Å². The molecule has 3 rings (SSSR count). The summed E-state index contributed by atoms with van der Waals surface area (Å²) in [4.78, 5) is 17.9. The number of thioether (sulfide) groups is 1. The summed E-state index contributed by atoms with van der Waals surface area (Å²) in [6, 6.07) is 5.48. The molecule has 130 valence electrons. The minimum Gasteiger partial charge on any atom is -0.347 e. The maximum Gasteiger partial charge on any atom is 0.269 e. The van der Waals surface area contributed by atoms with Crippen LogP contribution in [0.4, 0.5) is 11.4 Å². The lowest BCUT2D eigenvalue weighted by Gasteiger charge is -2.27. The first-order valence-electron chi connectivity index (χ1n) is 8.67. The van der Waals surface area contributed by atoms with Crippen LogP contribution < -0.4 is 0 Å². The van der Waals surface area contributed by atoms with E-state index in [2.05, 4.69) is 18.7 Å². The molecule has 6 heteroatoms. The summed E-state index contributed by atoms with van der Waals surface area (Å²) < 4.78 is 0. The molecule has 2 fully saturated rings. The molecular formula is C18H25N3O2S. The SMILES string of the molecule is Cc1cc([N+](=O)[O-])ccc1N=C1SC[C@H](CC(C)C)N1CC1CC1. The lowest BCUT2D eigenvalue weighted by Crippen LogP contribution is -2.36. The lowest BCUT2D eigenvalue weighted by molar-refractivity contribution is -0.384. The molecule has 24 heavy (non-hydrogen) atoms. The Morgan fingerprint density at radius 2 is 2.17 bits per heavy atom. The van der Waals surface area contributed by atoms with E-state index >= 15 is 0 Å². The largest absolute Gasteiger partial charge is 0.347 e. The van der Waals surface area contributed by atoms with E-state index in [0.29, 0.717) is 12.0 Å². The second-order valence-electron chi connectivity index (χ2n) is 7.31. The second kappa shape index (κ2) is 7.13. The summed E-state index contributed by atoms with van der Waals surface area (Å²) in [6.07, 6.45) is 3.86. The molecule has 1 saturated carbocycles. The molecule has 1 heterocycles. The minimum absolute atomic E-state index is 0.128. The predicted molar refractivity (Wildman–Crippen MR) is 100 cm³/mol. The minimum atomic E-state index is -0.355. The fourth-order valence-electron chi connectivity index (χ4n) is 3.12. The standard InChI is InChI=1S/C18H25N3O2S/c1-12(2)8-16-11-24-18(20(16)10-14-4-5-14)19-17-7-6-15(21(22)23)9-13(17)3/h6-7,9,12,14,16H,4-5,8,10-11H2,1-3H3/t16-/m0/s1. The number of rotatable bonds is 6. The van der Waals surface area contributed by atoms with Crippen molar-refractivity contribution in [3.8, 4) is 0 Å². The molecule has 1 saturated heterocycles. The number of benzene rings is 1. The highest BCUT2D eigenvalue weighted by molar-refractivity contribution is 8.14. The van der Waals surface area contributed by atoms with Gasteiger partial charge in [-0.1, -0.05) is 25.6 Å². The Kier molecular flexibility index (Phi) is 5.13. The molecule has 0 radical (unpaired) electrons. The second-order valence-corrected chi connectivity index (χ2v) is 8.30. The Morgan fingerprint density at radius 1 is 1.42 bits per heavy atom. The van der Waals surface area contributed by atoms with Gasteiger partial charge < -0.3 is 4.90 Å². The van der Waals surface area contributed by atoms with E-state index < -0.39 is 0 Å². The highest BCUT2D eigenvalue weighted by Crippen LogP contribution is 2.37. The Hall–Kier alpha value is -1.56. The van der Waals surface area contributed by atoms with E-state index in [9.17, 15) is 10.1 Å². The highest BCUT2D eigenvalue weighted by atomic mass is 32.2. The molecule has 1 aromatic carbocycles. The van der Waals surface area contributed by atoms with E-state index in [1.807, 2.05) is 18.7 Å². The summed E-state index contributed by atoms with van der Waals surface area (Å²) >= 11 is 1.83. The number of nitro benzene ring substituents is 1. The molecule has 1 atom stereocenters. The van der Waals surface area contributed by atoms with Crippen LogP contribution in [0.3, 0.4) is 0 Å². The molecule has 0 bridgehead atoms. The van der Waals surface area contributed by atoms with E-state index in [-0.39, 0.29) is 10.6 Å². The van der Waals surface area contributed by atoms with E-state index in [1.54, 1.807) is 18.2 Å². The van der Waals surface area contributed by atoms with Crippen LogP contribution in [0, 0.1) is 28.9 Å². The smallest absolute Gasteiger partial charge is 0.269 e. The molecule has 1 aliphatic heterocycles. The van der Waals surface area contributed by atoms with Gasteiger partial charge in [-0.15, -0.1) is 0 Å². The average molecular weight is 347 g/mol. The van der Waals surface area contributed by atoms with E-state index in [4.69, 9.17) is 4.99 Å². The van der Waals surface area contributed by atoms with Gasteiger partial charge in [0.05, 0.1) is 10.6 Å². The zero-order valence-corrected chi connectivity index (χ0v) is 15.4. The first-order chi connectivity index (χ1) is 11.4.